The number of aromatic nitrogens is 1. The van der Waals surface area contributed by atoms with E-state index in [1.165, 1.54) is 25.4 Å². The smallest absolute Gasteiger partial charge is 0.328 e. The van der Waals surface area contributed by atoms with Gasteiger partial charge in [0, 0.05) is 38.4 Å². The molecule has 1 fully saturated rings. The molecule has 0 bridgehead atoms. The zero-order chi connectivity index (χ0) is 24.9. The topological polar surface area (TPSA) is 143 Å². The second-order valence-corrected chi connectivity index (χ2v) is 11.6. The minimum atomic E-state index is -4.12. The van der Waals surface area contributed by atoms with Crippen LogP contribution in [0.3, 0.4) is 0 Å². The molecule has 1 aliphatic rings. The third kappa shape index (κ3) is 5.97. The van der Waals surface area contributed by atoms with Crippen molar-refractivity contribution in [2.75, 3.05) is 33.0 Å². The summed E-state index contributed by atoms with van der Waals surface area (Å²) in [5.74, 6) is -1.54. The second kappa shape index (κ2) is 10.6. The fourth-order valence-electron chi connectivity index (χ4n) is 3.63. The Balaban J connectivity index is 1.92. The highest BCUT2D eigenvalue weighted by Crippen LogP contribution is 2.23. The number of hydrogen-bond acceptors (Lipinski definition) is 8. The Bertz CT molecular complexity index is 1220. The van der Waals surface area contributed by atoms with Gasteiger partial charge < -0.3 is 10.1 Å². The average molecular weight is 511 g/mol. The zero-order valence-electron chi connectivity index (χ0n) is 18.7. The average Bonchev–Trinajstić information content (AvgIpc) is 2.83. The number of carbonyl (C=O) groups is 2. The quantitative estimate of drug-likeness (QED) is 0.474. The molecule has 0 aliphatic carbocycles. The van der Waals surface area contributed by atoms with Gasteiger partial charge in [-0.2, -0.15) is 8.61 Å². The maximum absolute atomic E-state index is 13.3. The Hall–Kier alpha value is -2.87. The lowest BCUT2D eigenvalue weighted by Crippen LogP contribution is -2.62. The van der Waals surface area contributed by atoms with E-state index in [4.69, 9.17) is 4.74 Å². The number of amides is 1. The van der Waals surface area contributed by atoms with Gasteiger partial charge in [0.25, 0.3) is 0 Å². The van der Waals surface area contributed by atoms with Crippen LogP contribution in [0.25, 0.3) is 0 Å². The largest absolute Gasteiger partial charge is 0.467 e. The van der Waals surface area contributed by atoms with Crippen LogP contribution in [0, 0.1) is 0 Å². The molecule has 2 aromatic rings. The highest BCUT2D eigenvalue weighted by Gasteiger charge is 2.43. The van der Waals surface area contributed by atoms with Crippen molar-refractivity contribution >= 4 is 31.9 Å². The Morgan fingerprint density at radius 1 is 1.12 bits per heavy atom. The van der Waals surface area contributed by atoms with E-state index in [1.807, 2.05) is 0 Å². The molecule has 11 nitrogen and oxygen atoms in total. The molecule has 1 aliphatic heterocycles. The van der Waals surface area contributed by atoms with E-state index in [1.54, 1.807) is 36.5 Å². The molecule has 3 rings (SSSR count). The van der Waals surface area contributed by atoms with Crippen molar-refractivity contribution in [1.82, 2.24) is 18.9 Å². The highest BCUT2D eigenvalue weighted by atomic mass is 32.2. The zero-order valence-corrected chi connectivity index (χ0v) is 20.3. The van der Waals surface area contributed by atoms with Gasteiger partial charge in [-0.1, -0.05) is 24.3 Å². The van der Waals surface area contributed by atoms with Gasteiger partial charge in [-0.05, 0) is 23.8 Å². The number of carbonyl (C=O) groups excluding carboxylic acids is 2. The first-order valence-corrected chi connectivity index (χ1v) is 13.6. The minimum Gasteiger partial charge on any atom is -0.467 e. The summed E-state index contributed by atoms with van der Waals surface area (Å²) in [6.45, 7) is -0.726. The van der Waals surface area contributed by atoms with Crippen molar-refractivity contribution in [3.8, 4) is 0 Å². The van der Waals surface area contributed by atoms with E-state index < -0.39 is 50.6 Å². The third-order valence-corrected chi connectivity index (χ3v) is 8.57. The van der Waals surface area contributed by atoms with Gasteiger partial charge >= 0.3 is 5.97 Å². The third-order valence-electron chi connectivity index (χ3n) is 5.38. The van der Waals surface area contributed by atoms with Crippen LogP contribution in [0.2, 0.25) is 0 Å². The van der Waals surface area contributed by atoms with Crippen molar-refractivity contribution in [2.45, 2.75) is 23.4 Å². The summed E-state index contributed by atoms with van der Waals surface area (Å²) in [6.07, 6.45) is 4.13. The van der Waals surface area contributed by atoms with E-state index in [0.717, 1.165) is 14.9 Å². The van der Waals surface area contributed by atoms with Gasteiger partial charge in [0.05, 0.1) is 18.3 Å². The number of nitrogens with zero attached hydrogens (tertiary/aromatic N) is 3. The summed E-state index contributed by atoms with van der Waals surface area (Å²) in [6, 6.07) is 8.42. The molecular weight excluding hydrogens is 484 g/mol. The molecule has 1 aromatic carbocycles. The molecule has 0 saturated carbocycles. The Kier molecular flexibility index (Phi) is 8.02. The Labute approximate surface area is 198 Å². The number of rotatable bonds is 8. The van der Waals surface area contributed by atoms with Crippen molar-refractivity contribution in [3.05, 3.63) is 60.4 Å². The van der Waals surface area contributed by atoms with Crippen LogP contribution < -0.4 is 5.32 Å². The lowest BCUT2D eigenvalue weighted by atomic mass is 10.1. The molecule has 1 amide bonds. The predicted octanol–water partition coefficient (Wildman–Crippen LogP) is -0.383. The fraction of sp³-hybridized carbons (Fsp3) is 0.381. The molecule has 2 heterocycles. The van der Waals surface area contributed by atoms with Crippen LogP contribution in [0.4, 0.5) is 0 Å². The molecule has 1 saturated heterocycles. The van der Waals surface area contributed by atoms with E-state index in [-0.39, 0.29) is 24.4 Å². The molecule has 0 spiro atoms. The molecular formula is C21H26N4O7S2. The summed E-state index contributed by atoms with van der Waals surface area (Å²) < 4.78 is 57.7. The van der Waals surface area contributed by atoms with E-state index >= 15 is 0 Å². The summed E-state index contributed by atoms with van der Waals surface area (Å²) in [4.78, 5) is 29.6. The van der Waals surface area contributed by atoms with Crippen LogP contribution in [0.15, 0.2) is 59.8 Å². The lowest BCUT2D eigenvalue weighted by Gasteiger charge is -2.38. The maximum Gasteiger partial charge on any atom is 0.328 e. The van der Waals surface area contributed by atoms with Crippen LogP contribution in [-0.2, 0) is 40.8 Å². The normalized spacial score (nSPS) is 18.7. The number of hydrogen-bond donors (Lipinski definition) is 1. The molecule has 1 N–H and O–H groups in total. The summed E-state index contributed by atoms with van der Waals surface area (Å²) >= 11 is 0. The Morgan fingerprint density at radius 3 is 2.41 bits per heavy atom. The number of ether oxygens (including phenoxy) is 1. The first-order valence-electron chi connectivity index (χ1n) is 10.3. The van der Waals surface area contributed by atoms with Crippen LogP contribution >= 0.6 is 0 Å². The number of esters is 1. The van der Waals surface area contributed by atoms with Crippen molar-refractivity contribution in [2.24, 2.45) is 0 Å². The molecule has 2 atom stereocenters. The molecule has 34 heavy (non-hydrogen) atoms. The predicted molar refractivity (Wildman–Crippen MR) is 122 cm³/mol. The van der Waals surface area contributed by atoms with Crippen LogP contribution in [0.1, 0.15) is 5.56 Å². The van der Waals surface area contributed by atoms with E-state index in [2.05, 4.69) is 10.3 Å². The fourth-order valence-corrected chi connectivity index (χ4v) is 6.05. The van der Waals surface area contributed by atoms with Gasteiger partial charge in [-0.3, -0.25) is 9.78 Å². The molecule has 184 valence electrons. The summed E-state index contributed by atoms with van der Waals surface area (Å²) in [5, 5.41) is 2.54. The molecule has 1 aromatic heterocycles. The Morgan fingerprint density at radius 2 is 1.82 bits per heavy atom. The first-order chi connectivity index (χ1) is 16.0. The van der Waals surface area contributed by atoms with Crippen LogP contribution in [0.5, 0.6) is 0 Å². The van der Waals surface area contributed by atoms with Gasteiger partial charge in [-0.15, -0.1) is 0 Å². The number of sulfonamides is 2. The van der Waals surface area contributed by atoms with Crippen molar-refractivity contribution < 1.29 is 31.2 Å². The van der Waals surface area contributed by atoms with Gasteiger partial charge in [0.1, 0.15) is 12.1 Å². The van der Waals surface area contributed by atoms with E-state index in [9.17, 15) is 26.4 Å². The van der Waals surface area contributed by atoms with Crippen molar-refractivity contribution in [3.63, 3.8) is 0 Å². The highest BCUT2D eigenvalue weighted by molar-refractivity contribution is 7.89. The first kappa shape index (κ1) is 25.7. The number of methoxy groups -OCH3 is 1. The summed E-state index contributed by atoms with van der Waals surface area (Å²) in [5.41, 5.74) is 0.647. The van der Waals surface area contributed by atoms with Gasteiger partial charge in [0.15, 0.2) is 0 Å². The monoisotopic (exact) mass is 510 g/mol. The SMILES string of the molecule is COC(=O)C(Cc1cccnc1)NC(=O)C1CN(S(C)(=O)=O)CCN1S(=O)(=O)c1ccccc1. The van der Waals surface area contributed by atoms with Crippen LogP contribution in [-0.4, -0.2) is 87.4 Å². The van der Waals surface area contributed by atoms with E-state index in [0.29, 0.717) is 5.56 Å². The lowest BCUT2D eigenvalue weighted by molar-refractivity contribution is -0.145. The number of pyridine rings is 1. The number of benzene rings is 1. The van der Waals surface area contributed by atoms with Gasteiger partial charge in [0.2, 0.25) is 26.0 Å². The molecule has 13 heteroatoms. The minimum absolute atomic E-state index is 0.0273. The summed E-state index contributed by atoms with van der Waals surface area (Å²) in [7, 11) is -6.64. The van der Waals surface area contributed by atoms with Crippen molar-refractivity contribution in [1.29, 1.82) is 0 Å². The van der Waals surface area contributed by atoms with Gasteiger partial charge in [-0.25, -0.2) is 21.6 Å². The molecule has 2 unspecified atom stereocenters. The number of piperazine rings is 1. The number of nitrogens with one attached hydrogen (secondary N) is 1. The standard InChI is InChI=1S/C21H26N4O7S2/c1-32-21(27)18(13-16-7-6-10-22-14-16)23-20(26)19-15-24(33(2,28)29)11-12-25(19)34(30,31)17-8-4-3-5-9-17/h3-10,14,18-19H,11-13,15H2,1-2H3,(H,23,26). The second-order valence-electron chi connectivity index (χ2n) is 7.72. The molecule has 0 radical (unpaired) electrons. The maximum atomic E-state index is 13.3.